The Balaban J connectivity index is 1.90. The van der Waals surface area contributed by atoms with Crippen LogP contribution in [0.15, 0.2) is 36.5 Å². The van der Waals surface area contributed by atoms with Gasteiger partial charge in [-0.3, -0.25) is 4.79 Å². The molecule has 0 aromatic heterocycles. The van der Waals surface area contributed by atoms with Crippen molar-refractivity contribution in [2.24, 2.45) is 0 Å². The van der Waals surface area contributed by atoms with Crippen LogP contribution in [0, 0.1) is 0 Å². The van der Waals surface area contributed by atoms with E-state index in [4.69, 9.17) is 18.9 Å². The Bertz CT molecular complexity index is 1170. The van der Waals surface area contributed by atoms with Gasteiger partial charge in [0, 0.05) is 6.42 Å². The number of rotatable bonds is 35. The molecule has 0 bridgehead atoms. The summed E-state index contributed by atoms with van der Waals surface area (Å²) >= 11 is 0. The maximum absolute atomic E-state index is 13.1. The van der Waals surface area contributed by atoms with Crippen molar-refractivity contribution in [2.45, 2.75) is 235 Å². The molecule has 14 nitrogen and oxygen atoms in total. The van der Waals surface area contributed by atoms with Crippen molar-refractivity contribution in [3.63, 3.8) is 0 Å². The molecule has 0 spiro atoms. The summed E-state index contributed by atoms with van der Waals surface area (Å²) < 4.78 is 22.6. The number of carbonyl (C=O) groups excluding carboxylic acids is 1. The summed E-state index contributed by atoms with van der Waals surface area (Å²) in [4.78, 5) is 13.1. The number of hydrogen-bond acceptors (Lipinski definition) is 13. The average molecular weight is 872 g/mol. The molecule has 2 heterocycles. The predicted octanol–water partition coefficient (Wildman–Crippen LogP) is 5.15. The summed E-state index contributed by atoms with van der Waals surface area (Å²) in [5.74, 6) is -0.257. The molecule has 356 valence electrons. The minimum Gasteiger partial charge on any atom is -0.394 e. The first-order valence-corrected chi connectivity index (χ1v) is 23.7. The standard InChI is InChI=1S/C47H85NO13/c1-3-5-7-9-11-13-15-17-19-20-22-24-26-28-30-36(51)35(48-39(52)31-29-27-25-23-21-18-16-14-12-10-8-6-4-2)34-58-46-44(57)42(55)45(38(33-50)60-46)61-47-43(56)41(54)40(53)37(32-49)59-47/h8,10,14,16,28,30,35-38,40-47,49-51,53-57H,3-7,9,11-13,15,17-27,29,31-34H2,1-2H3,(H,48,52)/b10-8-,16-14-,30-28+. The van der Waals surface area contributed by atoms with E-state index in [2.05, 4.69) is 43.5 Å². The fraction of sp³-hybridized carbons (Fsp3) is 0.851. The topological polar surface area (TPSA) is 228 Å². The van der Waals surface area contributed by atoms with Crippen molar-refractivity contribution >= 4 is 5.91 Å². The molecule has 2 aliphatic heterocycles. The fourth-order valence-corrected chi connectivity index (χ4v) is 7.62. The molecule has 14 heteroatoms. The van der Waals surface area contributed by atoms with Crippen LogP contribution in [0.5, 0.6) is 0 Å². The van der Waals surface area contributed by atoms with Crippen molar-refractivity contribution in [1.29, 1.82) is 0 Å². The van der Waals surface area contributed by atoms with E-state index < -0.39 is 86.8 Å². The van der Waals surface area contributed by atoms with Gasteiger partial charge in [0.05, 0.1) is 32.0 Å². The minimum absolute atomic E-state index is 0.257. The zero-order valence-electron chi connectivity index (χ0n) is 37.4. The normalized spacial score (nSPS) is 28.3. The van der Waals surface area contributed by atoms with Crippen LogP contribution >= 0.6 is 0 Å². The molecular weight excluding hydrogens is 787 g/mol. The molecular formula is C47H85NO13. The number of amides is 1. The summed E-state index contributed by atoms with van der Waals surface area (Å²) in [6.45, 7) is 2.68. The molecule has 0 aromatic carbocycles. The van der Waals surface area contributed by atoms with Gasteiger partial charge >= 0.3 is 0 Å². The molecule has 0 radical (unpaired) electrons. The molecule has 12 unspecified atom stereocenters. The predicted molar refractivity (Wildman–Crippen MR) is 235 cm³/mol. The average Bonchev–Trinajstić information content (AvgIpc) is 3.26. The highest BCUT2D eigenvalue weighted by atomic mass is 16.7. The number of carbonyl (C=O) groups is 1. The van der Waals surface area contributed by atoms with Crippen LogP contribution in [0.2, 0.25) is 0 Å². The first kappa shape index (κ1) is 55.3. The molecule has 2 saturated heterocycles. The SMILES string of the molecule is CCC/C=C\C/C=C\CCCCCCCC(=O)NC(COC1OC(CO)C(OC2OC(CO)C(O)C(O)C2O)C(O)C1O)C(O)/C=C/CCCCCCCCCCCCCC. The molecule has 2 aliphatic rings. The van der Waals surface area contributed by atoms with Crippen molar-refractivity contribution in [3.8, 4) is 0 Å². The zero-order valence-corrected chi connectivity index (χ0v) is 37.4. The Morgan fingerprint density at radius 3 is 1.70 bits per heavy atom. The molecule has 2 rings (SSSR count). The number of aliphatic hydroxyl groups excluding tert-OH is 8. The Morgan fingerprint density at radius 1 is 0.590 bits per heavy atom. The van der Waals surface area contributed by atoms with E-state index in [0.717, 1.165) is 70.6 Å². The Labute approximate surface area is 366 Å². The van der Waals surface area contributed by atoms with Crippen molar-refractivity contribution < 1.29 is 64.6 Å². The van der Waals surface area contributed by atoms with Gasteiger partial charge in [-0.2, -0.15) is 0 Å². The van der Waals surface area contributed by atoms with Gasteiger partial charge in [-0.15, -0.1) is 0 Å². The molecule has 2 fully saturated rings. The number of hydrogen-bond donors (Lipinski definition) is 9. The van der Waals surface area contributed by atoms with E-state index in [1.165, 1.54) is 64.2 Å². The quantitative estimate of drug-likeness (QED) is 0.0297. The van der Waals surface area contributed by atoms with Crippen molar-refractivity contribution in [3.05, 3.63) is 36.5 Å². The summed E-state index contributed by atoms with van der Waals surface area (Å²) in [6, 6.07) is -0.919. The zero-order chi connectivity index (χ0) is 44.7. The van der Waals surface area contributed by atoms with E-state index in [9.17, 15) is 45.6 Å². The van der Waals surface area contributed by atoms with Crippen molar-refractivity contribution in [1.82, 2.24) is 5.32 Å². The number of nitrogens with one attached hydrogen (secondary N) is 1. The highest BCUT2D eigenvalue weighted by Gasteiger charge is 2.50. The molecule has 0 aromatic rings. The lowest BCUT2D eigenvalue weighted by molar-refractivity contribution is -0.359. The van der Waals surface area contributed by atoms with Gasteiger partial charge in [0.2, 0.25) is 5.91 Å². The molecule has 0 saturated carbocycles. The van der Waals surface area contributed by atoms with E-state index in [-0.39, 0.29) is 18.9 Å². The highest BCUT2D eigenvalue weighted by Crippen LogP contribution is 2.30. The minimum atomic E-state index is -1.79. The lowest BCUT2D eigenvalue weighted by Crippen LogP contribution is -2.65. The molecule has 61 heavy (non-hydrogen) atoms. The molecule has 1 amide bonds. The summed E-state index contributed by atoms with van der Waals surface area (Å²) in [6.07, 6.45) is 20.4. The van der Waals surface area contributed by atoms with Crippen LogP contribution in [0.3, 0.4) is 0 Å². The van der Waals surface area contributed by atoms with Gasteiger partial charge in [0.1, 0.15) is 48.8 Å². The highest BCUT2D eigenvalue weighted by molar-refractivity contribution is 5.76. The molecule has 12 atom stereocenters. The Kier molecular flexibility index (Phi) is 31.4. The van der Waals surface area contributed by atoms with E-state index in [1.807, 2.05) is 6.08 Å². The Hall–Kier alpha value is -1.79. The van der Waals surface area contributed by atoms with Gasteiger partial charge in [-0.1, -0.05) is 147 Å². The second kappa shape index (κ2) is 34.6. The maximum atomic E-state index is 13.1. The first-order valence-electron chi connectivity index (χ1n) is 23.7. The fourth-order valence-electron chi connectivity index (χ4n) is 7.62. The monoisotopic (exact) mass is 872 g/mol. The number of unbranched alkanes of at least 4 members (excludes halogenated alkanes) is 18. The van der Waals surface area contributed by atoms with Gasteiger partial charge in [-0.05, 0) is 44.9 Å². The second-order valence-corrected chi connectivity index (χ2v) is 16.9. The molecule has 9 N–H and O–H groups in total. The first-order chi connectivity index (χ1) is 29.6. The maximum Gasteiger partial charge on any atom is 0.220 e. The van der Waals surface area contributed by atoms with Crippen LogP contribution in [0.4, 0.5) is 0 Å². The number of aliphatic hydroxyl groups is 8. The lowest BCUT2D eigenvalue weighted by Gasteiger charge is -2.46. The van der Waals surface area contributed by atoms with Crippen LogP contribution in [0.25, 0.3) is 0 Å². The Morgan fingerprint density at radius 2 is 1.11 bits per heavy atom. The summed E-state index contributed by atoms with van der Waals surface area (Å²) in [5, 5.41) is 86.5. The third kappa shape index (κ3) is 22.6. The lowest BCUT2D eigenvalue weighted by atomic mass is 9.97. The number of ether oxygens (including phenoxy) is 4. The summed E-state index contributed by atoms with van der Waals surface area (Å²) in [7, 11) is 0. The molecule has 0 aliphatic carbocycles. The van der Waals surface area contributed by atoms with Gasteiger partial charge in [0.25, 0.3) is 0 Å². The largest absolute Gasteiger partial charge is 0.394 e. The van der Waals surface area contributed by atoms with E-state index >= 15 is 0 Å². The van der Waals surface area contributed by atoms with Gasteiger partial charge in [0.15, 0.2) is 12.6 Å². The third-order valence-electron chi connectivity index (χ3n) is 11.6. The van der Waals surface area contributed by atoms with Crippen LogP contribution in [0.1, 0.15) is 162 Å². The number of allylic oxidation sites excluding steroid dienone is 5. The van der Waals surface area contributed by atoms with E-state index in [0.29, 0.717) is 6.42 Å². The third-order valence-corrected chi connectivity index (χ3v) is 11.6. The summed E-state index contributed by atoms with van der Waals surface area (Å²) in [5.41, 5.74) is 0. The van der Waals surface area contributed by atoms with Crippen LogP contribution in [-0.4, -0.2) is 140 Å². The second-order valence-electron chi connectivity index (χ2n) is 16.9. The van der Waals surface area contributed by atoms with Gasteiger partial charge < -0.3 is 65.1 Å². The van der Waals surface area contributed by atoms with Crippen molar-refractivity contribution in [2.75, 3.05) is 19.8 Å². The van der Waals surface area contributed by atoms with Crippen LogP contribution in [-0.2, 0) is 23.7 Å². The van der Waals surface area contributed by atoms with E-state index in [1.54, 1.807) is 6.08 Å². The van der Waals surface area contributed by atoms with Crippen LogP contribution < -0.4 is 5.32 Å². The smallest absolute Gasteiger partial charge is 0.220 e. The van der Waals surface area contributed by atoms with Gasteiger partial charge in [-0.25, -0.2) is 0 Å².